The molecule has 2 aliphatic heterocycles. The van der Waals surface area contributed by atoms with Crippen LogP contribution in [-0.4, -0.2) is 45.2 Å². The van der Waals surface area contributed by atoms with Crippen LogP contribution in [0.1, 0.15) is 24.8 Å². The summed E-state index contributed by atoms with van der Waals surface area (Å²) in [5.74, 6) is 0.809. The Kier molecular flexibility index (Phi) is 4.19. The Bertz CT molecular complexity index is 888. The molecular formula is C21H25N5. The number of aromatic nitrogens is 3. The van der Waals surface area contributed by atoms with Gasteiger partial charge < -0.3 is 5.32 Å². The molecule has 5 heteroatoms. The van der Waals surface area contributed by atoms with E-state index in [1.54, 1.807) is 0 Å². The topological polar surface area (TPSA) is 45.5 Å². The van der Waals surface area contributed by atoms with E-state index in [9.17, 15) is 0 Å². The van der Waals surface area contributed by atoms with Gasteiger partial charge in [0, 0.05) is 42.7 Å². The van der Waals surface area contributed by atoms with Crippen LogP contribution >= 0.6 is 0 Å². The number of fused-ring (bicyclic) bond motifs is 2. The second-order valence-corrected chi connectivity index (χ2v) is 7.64. The minimum atomic E-state index is 0.736. The number of likely N-dealkylation sites (tertiary alicyclic amines) is 1. The van der Waals surface area contributed by atoms with Crippen LogP contribution in [0.4, 0.5) is 0 Å². The highest BCUT2D eigenvalue weighted by atomic mass is 15.2. The van der Waals surface area contributed by atoms with Crippen LogP contribution in [0, 0.1) is 5.92 Å². The molecule has 5 nitrogen and oxygen atoms in total. The van der Waals surface area contributed by atoms with E-state index in [1.165, 1.54) is 44.5 Å². The summed E-state index contributed by atoms with van der Waals surface area (Å²) in [5, 5.41) is 8.23. The molecular weight excluding hydrogens is 322 g/mol. The smallest absolute Gasteiger partial charge is 0.162 e. The van der Waals surface area contributed by atoms with Crippen LogP contribution in [0.5, 0.6) is 0 Å². The molecule has 0 unspecified atom stereocenters. The van der Waals surface area contributed by atoms with Gasteiger partial charge in [0.05, 0.1) is 6.20 Å². The summed E-state index contributed by atoms with van der Waals surface area (Å²) < 4.78 is 1.92. The van der Waals surface area contributed by atoms with Crippen molar-refractivity contribution in [3.05, 3.63) is 54.5 Å². The van der Waals surface area contributed by atoms with Gasteiger partial charge in [0.15, 0.2) is 5.65 Å². The van der Waals surface area contributed by atoms with E-state index in [-0.39, 0.29) is 0 Å². The van der Waals surface area contributed by atoms with Crippen molar-refractivity contribution in [3.63, 3.8) is 0 Å². The zero-order valence-corrected chi connectivity index (χ0v) is 15.0. The van der Waals surface area contributed by atoms with Crippen molar-refractivity contribution in [2.45, 2.75) is 31.8 Å². The first-order chi connectivity index (χ1) is 12.9. The Morgan fingerprint density at radius 3 is 2.96 bits per heavy atom. The summed E-state index contributed by atoms with van der Waals surface area (Å²) in [6.07, 6.45) is 10.0. The standard InChI is InChI=1S/C21H25N5/c1-2-5-17(6-3-1)19-12-24-26-14-16(11-23-21(19)26)13-25-10-8-20-18(15-25)7-4-9-22-20/h1-3,5-6,11-12,14,18,20,22H,4,7-10,13,15H2/t18-,20+/m1/s1. The van der Waals surface area contributed by atoms with Crippen LogP contribution < -0.4 is 5.32 Å². The predicted octanol–water partition coefficient (Wildman–Crippen LogP) is 2.97. The monoisotopic (exact) mass is 347 g/mol. The Morgan fingerprint density at radius 2 is 2.04 bits per heavy atom. The molecule has 1 N–H and O–H groups in total. The van der Waals surface area contributed by atoms with Crippen molar-refractivity contribution in [3.8, 4) is 11.1 Å². The van der Waals surface area contributed by atoms with Crippen LogP contribution in [0.25, 0.3) is 16.8 Å². The van der Waals surface area contributed by atoms with Gasteiger partial charge in [0.2, 0.25) is 0 Å². The van der Waals surface area contributed by atoms with E-state index in [0.717, 1.165) is 35.3 Å². The number of nitrogens with zero attached hydrogens (tertiary/aromatic N) is 4. The molecule has 2 atom stereocenters. The molecule has 0 spiro atoms. The van der Waals surface area contributed by atoms with Crippen molar-refractivity contribution < 1.29 is 0 Å². The number of piperidine rings is 2. The van der Waals surface area contributed by atoms with Crippen molar-refractivity contribution >= 4 is 5.65 Å². The molecule has 2 aliphatic rings. The first-order valence-electron chi connectivity index (χ1n) is 9.70. The average molecular weight is 347 g/mol. The molecule has 0 amide bonds. The Balaban J connectivity index is 1.34. The van der Waals surface area contributed by atoms with Gasteiger partial charge in [-0.1, -0.05) is 30.3 Å². The Morgan fingerprint density at radius 1 is 1.12 bits per heavy atom. The highest BCUT2D eigenvalue weighted by Crippen LogP contribution is 2.26. The normalized spacial score (nSPS) is 23.8. The van der Waals surface area contributed by atoms with E-state index in [2.05, 4.69) is 45.8 Å². The average Bonchev–Trinajstić information content (AvgIpc) is 3.12. The molecule has 0 bridgehead atoms. The zero-order chi connectivity index (χ0) is 17.3. The molecule has 0 saturated carbocycles. The maximum Gasteiger partial charge on any atom is 0.162 e. The quantitative estimate of drug-likeness (QED) is 0.791. The molecule has 2 fully saturated rings. The minimum absolute atomic E-state index is 0.736. The first-order valence-corrected chi connectivity index (χ1v) is 9.70. The highest BCUT2D eigenvalue weighted by molar-refractivity contribution is 5.76. The second kappa shape index (κ2) is 6.82. The molecule has 5 rings (SSSR count). The van der Waals surface area contributed by atoms with Crippen molar-refractivity contribution in [2.75, 3.05) is 19.6 Å². The Hall–Kier alpha value is -2.24. The fraction of sp³-hybridized carbons (Fsp3) is 0.429. The van der Waals surface area contributed by atoms with Crippen molar-refractivity contribution in [1.82, 2.24) is 24.8 Å². The van der Waals surface area contributed by atoms with Gasteiger partial charge in [-0.3, -0.25) is 4.90 Å². The summed E-state index contributed by atoms with van der Waals surface area (Å²) in [4.78, 5) is 7.31. The van der Waals surface area contributed by atoms with Crippen LogP contribution in [0.15, 0.2) is 48.9 Å². The summed E-state index contributed by atoms with van der Waals surface area (Å²) in [5.41, 5.74) is 4.42. The van der Waals surface area contributed by atoms with Gasteiger partial charge in [0.1, 0.15) is 0 Å². The molecule has 2 aromatic heterocycles. The van der Waals surface area contributed by atoms with E-state index in [1.807, 2.05) is 23.0 Å². The summed E-state index contributed by atoms with van der Waals surface area (Å²) in [6, 6.07) is 11.1. The number of hydrogen-bond acceptors (Lipinski definition) is 4. The first kappa shape index (κ1) is 16.0. The summed E-state index contributed by atoms with van der Waals surface area (Å²) in [6.45, 7) is 4.53. The molecule has 3 aromatic rings. The van der Waals surface area contributed by atoms with Gasteiger partial charge in [0.25, 0.3) is 0 Å². The van der Waals surface area contributed by atoms with Crippen molar-refractivity contribution in [1.29, 1.82) is 0 Å². The van der Waals surface area contributed by atoms with Crippen LogP contribution in [0.3, 0.4) is 0 Å². The minimum Gasteiger partial charge on any atom is -0.314 e. The predicted molar refractivity (Wildman–Crippen MR) is 103 cm³/mol. The molecule has 134 valence electrons. The Labute approximate surface area is 154 Å². The number of hydrogen-bond donors (Lipinski definition) is 1. The molecule has 4 heterocycles. The second-order valence-electron chi connectivity index (χ2n) is 7.64. The lowest BCUT2D eigenvalue weighted by atomic mass is 9.85. The van der Waals surface area contributed by atoms with Crippen LogP contribution in [-0.2, 0) is 6.54 Å². The number of benzene rings is 1. The fourth-order valence-corrected chi connectivity index (χ4v) is 4.54. The van der Waals surface area contributed by atoms with Gasteiger partial charge in [-0.15, -0.1) is 0 Å². The third-order valence-electron chi connectivity index (χ3n) is 5.88. The molecule has 0 aliphatic carbocycles. The maximum absolute atomic E-state index is 4.73. The van der Waals surface area contributed by atoms with E-state index in [4.69, 9.17) is 4.98 Å². The lowest BCUT2D eigenvalue weighted by Gasteiger charge is -2.41. The SMILES string of the molecule is c1ccc(-c2cnn3cc(CN4CC[C@@H]5NCCC[C@@H]5C4)cnc23)cc1. The van der Waals surface area contributed by atoms with Crippen LogP contribution in [0.2, 0.25) is 0 Å². The lowest BCUT2D eigenvalue weighted by molar-refractivity contribution is 0.109. The molecule has 1 aromatic carbocycles. The lowest BCUT2D eigenvalue weighted by Crippen LogP contribution is -2.51. The molecule has 26 heavy (non-hydrogen) atoms. The fourth-order valence-electron chi connectivity index (χ4n) is 4.54. The van der Waals surface area contributed by atoms with E-state index < -0.39 is 0 Å². The van der Waals surface area contributed by atoms with E-state index >= 15 is 0 Å². The van der Waals surface area contributed by atoms with Gasteiger partial charge in [-0.2, -0.15) is 5.10 Å². The highest BCUT2D eigenvalue weighted by Gasteiger charge is 2.30. The van der Waals surface area contributed by atoms with E-state index in [0.29, 0.717) is 0 Å². The number of rotatable bonds is 3. The molecule has 0 radical (unpaired) electrons. The largest absolute Gasteiger partial charge is 0.314 e. The third kappa shape index (κ3) is 3.02. The van der Waals surface area contributed by atoms with Gasteiger partial charge >= 0.3 is 0 Å². The summed E-state index contributed by atoms with van der Waals surface area (Å²) in [7, 11) is 0. The molecule has 2 saturated heterocycles. The zero-order valence-electron chi connectivity index (χ0n) is 15.0. The number of nitrogens with one attached hydrogen (secondary N) is 1. The third-order valence-corrected chi connectivity index (χ3v) is 5.88. The maximum atomic E-state index is 4.73. The summed E-state index contributed by atoms with van der Waals surface area (Å²) >= 11 is 0. The van der Waals surface area contributed by atoms with Gasteiger partial charge in [-0.05, 0) is 43.8 Å². The van der Waals surface area contributed by atoms with Gasteiger partial charge in [-0.25, -0.2) is 9.50 Å². The van der Waals surface area contributed by atoms with Crippen molar-refractivity contribution in [2.24, 2.45) is 5.92 Å².